The van der Waals surface area contributed by atoms with Gasteiger partial charge in [-0.2, -0.15) is 0 Å². The van der Waals surface area contributed by atoms with Crippen molar-refractivity contribution in [1.82, 2.24) is 10.2 Å². The molecule has 1 unspecified atom stereocenters. The summed E-state index contributed by atoms with van der Waals surface area (Å²) < 4.78 is 28.5. The topological polar surface area (TPSA) is 75.7 Å². The fraction of sp³-hybridized carbons (Fsp3) is 0.350. The van der Waals surface area contributed by atoms with E-state index in [9.17, 15) is 13.2 Å². The third kappa shape index (κ3) is 5.99. The van der Waals surface area contributed by atoms with Crippen molar-refractivity contribution >= 4 is 15.9 Å². The average molecular weight is 391 g/mol. The Morgan fingerprint density at radius 3 is 2.22 bits per heavy atom. The number of hydrogen-bond donors (Lipinski definition) is 1. The molecule has 0 fully saturated rings. The van der Waals surface area contributed by atoms with Gasteiger partial charge in [0.25, 0.3) is 0 Å². The quantitative estimate of drug-likeness (QED) is 0.786. The molecule has 2 aromatic carbocycles. The van der Waals surface area contributed by atoms with Crippen molar-refractivity contribution in [3.8, 4) is 5.75 Å². The Kier molecular flexibility index (Phi) is 6.85. The molecule has 0 saturated carbocycles. The maximum atomic E-state index is 12.4. The molecule has 0 radical (unpaired) electrons. The standard InChI is InChI=1S/C20H26N2O4S/c1-5-26-18-10-6-16(7-11-18)14-22(3)20(23)21-15(2)17-8-12-19(13-9-17)27(4,24)25/h6-13,15H,5,14H2,1-4H3,(H,21,23). The third-order valence-electron chi connectivity index (χ3n) is 4.15. The fourth-order valence-electron chi connectivity index (χ4n) is 2.59. The Bertz CT molecular complexity index is 862. The molecule has 0 aliphatic heterocycles. The van der Waals surface area contributed by atoms with Crippen molar-refractivity contribution in [1.29, 1.82) is 0 Å². The number of benzene rings is 2. The van der Waals surface area contributed by atoms with Crippen LogP contribution in [0.3, 0.4) is 0 Å². The van der Waals surface area contributed by atoms with Crippen LogP contribution in [-0.2, 0) is 16.4 Å². The monoisotopic (exact) mass is 390 g/mol. The molecular weight excluding hydrogens is 364 g/mol. The van der Waals surface area contributed by atoms with Crippen molar-refractivity contribution in [2.24, 2.45) is 0 Å². The molecule has 0 heterocycles. The molecule has 27 heavy (non-hydrogen) atoms. The lowest BCUT2D eigenvalue weighted by Gasteiger charge is -2.22. The van der Waals surface area contributed by atoms with E-state index in [0.717, 1.165) is 16.9 Å². The van der Waals surface area contributed by atoms with Gasteiger partial charge >= 0.3 is 6.03 Å². The van der Waals surface area contributed by atoms with Crippen LogP contribution >= 0.6 is 0 Å². The smallest absolute Gasteiger partial charge is 0.317 e. The van der Waals surface area contributed by atoms with Crippen LogP contribution in [0.5, 0.6) is 5.75 Å². The molecular formula is C20H26N2O4S. The highest BCUT2D eigenvalue weighted by Crippen LogP contribution is 2.17. The summed E-state index contributed by atoms with van der Waals surface area (Å²) in [5, 5.41) is 2.92. The van der Waals surface area contributed by atoms with Gasteiger partial charge in [-0.05, 0) is 49.2 Å². The summed E-state index contributed by atoms with van der Waals surface area (Å²) in [5.41, 5.74) is 1.84. The summed E-state index contributed by atoms with van der Waals surface area (Å²) in [6.45, 7) is 4.88. The summed E-state index contributed by atoms with van der Waals surface area (Å²) in [6.07, 6.45) is 1.17. The van der Waals surface area contributed by atoms with Gasteiger partial charge in [-0.25, -0.2) is 13.2 Å². The molecule has 1 N–H and O–H groups in total. The number of ether oxygens (including phenoxy) is 1. The van der Waals surface area contributed by atoms with E-state index in [2.05, 4.69) is 5.32 Å². The predicted octanol–water partition coefficient (Wildman–Crippen LogP) is 3.39. The second-order valence-corrected chi connectivity index (χ2v) is 8.46. The van der Waals surface area contributed by atoms with Gasteiger partial charge in [0.2, 0.25) is 0 Å². The minimum absolute atomic E-state index is 0.205. The van der Waals surface area contributed by atoms with E-state index in [4.69, 9.17) is 4.74 Å². The Balaban J connectivity index is 1.94. The molecule has 2 amide bonds. The number of carbonyl (C=O) groups excluding carboxylic acids is 1. The number of urea groups is 1. The van der Waals surface area contributed by atoms with Crippen LogP contribution in [0.1, 0.15) is 31.0 Å². The number of rotatable bonds is 7. The molecule has 146 valence electrons. The van der Waals surface area contributed by atoms with Crippen LogP contribution in [0.25, 0.3) is 0 Å². The van der Waals surface area contributed by atoms with Crippen LogP contribution < -0.4 is 10.1 Å². The van der Waals surface area contributed by atoms with E-state index in [1.165, 1.54) is 6.26 Å². The highest BCUT2D eigenvalue weighted by Gasteiger charge is 2.15. The number of hydrogen-bond acceptors (Lipinski definition) is 4. The lowest BCUT2D eigenvalue weighted by atomic mass is 10.1. The molecule has 0 spiro atoms. The van der Waals surface area contributed by atoms with Gasteiger partial charge in [0.15, 0.2) is 9.84 Å². The van der Waals surface area contributed by atoms with E-state index < -0.39 is 9.84 Å². The molecule has 2 rings (SSSR count). The predicted molar refractivity (Wildman–Crippen MR) is 106 cm³/mol. The lowest BCUT2D eigenvalue weighted by Crippen LogP contribution is -2.38. The zero-order chi connectivity index (χ0) is 20.0. The Hall–Kier alpha value is -2.54. The molecule has 0 aliphatic rings. The first-order chi connectivity index (χ1) is 12.7. The van der Waals surface area contributed by atoms with E-state index >= 15 is 0 Å². The zero-order valence-corrected chi connectivity index (χ0v) is 16.9. The maximum Gasteiger partial charge on any atom is 0.317 e. The average Bonchev–Trinajstić information content (AvgIpc) is 2.63. The molecule has 7 heteroatoms. The van der Waals surface area contributed by atoms with Gasteiger partial charge < -0.3 is 15.0 Å². The molecule has 0 aromatic heterocycles. The second kappa shape index (κ2) is 8.90. The second-order valence-electron chi connectivity index (χ2n) is 6.45. The first-order valence-electron chi connectivity index (χ1n) is 8.74. The van der Waals surface area contributed by atoms with Crippen molar-refractivity contribution in [3.05, 3.63) is 59.7 Å². The molecule has 1 atom stereocenters. The SMILES string of the molecule is CCOc1ccc(CN(C)C(=O)NC(C)c2ccc(S(C)(=O)=O)cc2)cc1. The summed E-state index contributed by atoms with van der Waals surface area (Å²) >= 11 is 0. The summed E-state index contributed by atoms with van der Waals surface area (Å²) in [6, 6.07) is 13.7. The van der Waals surface area contributed by atoms with Crippen molar-refractivity contribution in [2.45, 2.75) is 31.3 Å². The minimum Gasteiger partial charge on any atom is -0.494 e. The van der Waals surface area contributed by atoms with Crippen LogP contribution in [-0.4, -0.2) is 39.3 Å². The van der Waals surface area contributed by atoms with Crippen molar-refractivity contribution in [3.63, 3.8) is 0 Å². The van der Waals surface area contributed by atoms with Crippen LogP contribution in [0.4, 0.5) is 4.79 Å². The van der Waals surface area contributed by atoms with Gasteiger partial charge in [-0.3, -0.25) is 0 Å². The molecule has 6 nitrogen and oxygen atoms in total. The van der Waals surface area contributed by atoms with Crippen molar-refractivity contribution in [2.75, 3.05) is 19.9 Å². The first kappa shape index (κ1) is 20.8. The number of carbonyl (C=O) groups is 1. The summed E-state index contributed by atoms with van der Waals surface area (Å²) in [4.78, 5) is 14.3. The van der Waals surface area contributed by atoms with E-state index in [0.29, 0.717) is 13.2 Å². The van der Waals surface area contributed by atoms with Crippen LogP contribution in [0, 0.1) is 0 Å². The lowest BCUT2D eigenvalue weighted by molar-refractivity contribution is 0.203. The molecule has 0 saturated heterocycles. The van der Waals surface area contributed by atoms with Gasteiger partial charge in [0.05, 0.1) is 17.5 Å². The Labute approximate surface area is 161 Å². The van der Waals surface area contributed by atoms with Crippen LogP contribution in [0.2, 0.25) is 0 Å². The van der Waals surface area contributed by atoms with Crippen LogP contribution in [0.15, 0.2) is 53.4 Å². The third-order valence-corrected chi connectivity index (χ3v) is 5.28. The minimum atomic E-state index is -3.23. The maximum absolute atomic E-state index is 12.4. The molecule has 0 aliphatic carbocycles. The van der Waals surface area contributed by atoms with Gasteiger partial charge in [-0.1, -0.05) is 24.3 Å². The fourth-order valence-corrected chi connectivity index (χ4v) is 3.22. The summed E-state index contributed by atoms with van der Waals surface area (Å²) in [5.74, 6) is 0.805. The Morgan fingerprint density at radius 2 is 1.70 bits per heavy atom. The van der Waals surface area contributed by atoms with Crippen molar-refractivity contribution < 1.29 is 17.9 Å². The van der Waals surface area contributed by atoms with Gasteiger partial charge in [-0.15, -0.1) is 0 Å². The van der Waals surface area contributed by atoms with Gasteiger partial charge in [0.1, 0.15) is 5.75 Å². The molecule has 2 aromatic rings. The van der Waals surface area contributed by atoms with Gasteiger partial charge in [0, 0.05) is 19.8 Å². The van der Waals surface area contributed by atoms with E-state index in [1.54, 1.807) is 36.2 Å². The highest BCUT2D eigenvalue weighted by atomic mass is 32.2. The number of sulfone groups is 1. The Morgan fingerprint density at radius 1 is 1.11 bits per heavy atom. The normalized spacial score (nSPS) is 12.3. The number of nitrogens with one attached hydrogen (secondary N) is 1. The zero-order valence-electron chi connectivity index (χ0n) is 16.1. The first-order valence-corrected chi connectivity index (χ1v) is 10.6. The largest absolute Gasteiger partial charge is 0.494 e. The molecule has 0 bridgehead atoms. The summed E-state index contributed by atoms with van der Waals surface area (Å²) in [7, 11) is -1.50. The number of amides is 2. The highest BCUT2D eigenvalue weighted by molar-refractivity contribution is 7.90. The number of nitrogens with zero attached hydrogens (tertiary/aromatic N) is 1. The van der Waals surface area contributed by atoms with E-state index in [1.807, 2.05) is 38.1 Å². The van der Waals surface area contributed by atoms with E-state index in [-0.39, 0.29) is 17.0 Å².